The summed E-state index contributed by atoms with van der Waals surface area (Å²) in [5.74, 6) is 2.50. The molecule has 1 aromatic carbocycles. The van der Waals surface area contributed by atoms with Crippen molar-refractivity contribution in [2.75, 3.05) is 26.3 Å². The van der Waals surface area contributed by atoms with E-state index < -0.39 is 0 Å². The third kappa shape index (κ3) is 2.94. The Hall–Kier alpha value is -1.26. The van der Waals surface area contributed by atoms with Crippen molar-refractivity contribution in [3.05, 3.63) is 23.8 Å². The lowest BCUT2D eigenvalue weighted by atomic mass is 9.90. The quantitative estimate of drug-likeness (QED) is 0.830. The maximum Gasteiger partial charge on any atom is 0.161 e. The Bertz CT molecular complexity index is 391. The fourth-order valence-corrected chi connectivity index (χ4v) is 2.29. The van der Waals surface area contributed by atoms with E-state index in [-0.39, 0.29) is 0 Å². The molecular weight excluding hydrogens is 228 g/mol. The van der Waals surface area contributed by atoms with E-state index in [0.29, 0.717) is 38.1 Å². The first-order chi connectivity index (χ1) is 8.74. The van der Waals surface area contributed by atoms with Gasteiger partial charge in [0.15, 0.2) is 11.5 Å². The summed E-state index contributed by atoms with van der Waals surface area (Å²) in [6.45, 7) is 4.74. The second-order valence-electron chi connectivity index (χ2n) is 4.88. The van der Waals surface area contributed by atoms with Crippen LogP contribution in [0.4, 0.5) is 0 Å². The number of hydrogen-bond donors (Lipinski definition) is 2. The Labute approximate surface area is 108 Å². The average molecular weight is 250 g/mol. The molecule has 0 amide bonds. The summed E-state index contributed by atoms with van der Waals surface area (Å²) >= 11 is 0. The minimum atomic E-state index is 0.383. The highest BCUT2D eigenvalue weighted by molar-refractivity contribution is 5.44. The first kappa shape index (κ1) is 13.2. The van der Waals surface area contributed by atoms with Gasteiger partial charge in [0.1, 0.15) is 13.2 Å². The Morgan fingerprint density at radius 1 is 1.11 bits per heavy atom. The molecule has 0 fully saturated rings. The lowest BCUT2D eigenvalue weighted by Crippen LogP contribution is -2.24. The monoisotopic (exact) mass is 250 g/mol. The van der Waals surface area contributed by atoms with E-state index >= 15 is 0 Å². The van der Waals surface area contributed by atoms with Crippen LogP contribution in [0.1, 0.15) is 24.8 Å². The summed E-state index contributed by atoms with van der Waals surface area (Å²) in [5, 5.41) is 0. The van der Waals surface area contributed by atoms with Gasteiger partial charge in [0.25, 0.3) is 0 Å². The van der Waals surface area contributed by atoms with Gasteiger partial charge in [-0.1, -0.05) is 13.0 Å². The average Bonchev–Trinajstić information content (AvgIpc) is 2.44. The zero-order valence-corrected chi connectivity index (χ0v) is 10.9. The molecule has 18 heavy (non-hydrogen) atoms. The van der Waals surface area contributed by atoms with Gasteiger partial charge in [0, 0.05) is 0 Å². The summed E-state index contributed by atoms with van der Waals surface area (Å²) in [7, 11) is 0. The molecular formula is C14H22N2O2. The normalized spacial score (nSPS) is 15.8. The molecule has 0 saturated carbocycles. The van der Waals surface area contributed by atoms with Crippen LogP contribution in [0.25, 0.3) is 0 Å². The van der Waals surface area contributed by atoms with Crippen molar-refractivity contribution in [3.63, 3.8) is 0 Å². The van der Waals surface area contributed by atoms with Crippen LogP contribution in [-0.4, -0.2) is 26.3 Å². The molecule has 1 aliphatic rings. The molecule has 1 unspecified atom stereocenters. The number of nitrogens with two attached hydrogens (primary N) is 2. The van der Waals surface area contributed by atoms with Gasteiger partial charge in [-0.3, -0.25) is 0 Å². The van der Waals surface area contributed by atoms with Crippen molar-refractivity contribution in [2.45, 2.75) is 19.3 Å². The van der Waals surface area contributed by atoms with E-state index in [0.717, 1.165) is 17.9 Å². The second kappa shape index (κ2) is 6.07. The minimum Gasteiger partial charge on any atom is -0.486 e. The van der Waals surface area contributed by atoms with Gasteiger partial charge in [-0.2, -0.15) is 0 Å². The molecule has 1 aliphatic heterocycles. The zero-order valence-electron chi connectivity index (χ0n) is 10.9. The van der Waals surface area contributed by atoms with E-state index in [4.69, 9.17) is 20.9 Å². The van der Waals surface area contributed by atoms with E-state index in [1.807, 2.05) is 6.07 Å². The van der Waals surface area contributed by atoms with Crippen LogP contribution in [0.15, 0.2) is 18.2 Å². The molecule has 4 nitrogen and oxygen atoms in total. The summed E-state index contributed by atoms with van der Waals surface area (Å²) in [6.07, 6.45) is 1.01. The second-order valence-corrected chi connectivity index (χ2v) is 4.88. The largest absolute Gasteiger partial charge is 0.486 e. The van der Waals surface area contributed by atoms with Gasteiger partial charge in [0.2, 0.25) is 0 Å². The Morgan fingerprint density at radius 2 is 1.78 bits per heavy atom. The fourth-order valence-electron chi connectivity index (χ4n) is 2.29. The van der Waals surface area contributed by atoms with E-state index in [2.05, 4.69) is 19.1 Å². The van der Waals surface area contributed by atoms with Crippen LogP contribution in [0.5, 0.6) is 11.5 Å². The standard InChI is InChI=1S/C14H22N2O2/c1-10(6-11(8-15)9-16)12-2-3-13-14(7-12)18-5-4-17-13/h2-3,7,10-11H,4-6,8-9,15-16H2,1H3. The molecule has 4 N–H and O–H groups in total. The van der Waals surface area contributed by atoms with Crippen LogP contribution in [0.2, 0.25) is 0 Å². The van der Waals surface area contributed by atoms with Gasteiger partial charge in [-0.25, -0.2) is 0 Å². The third-order valence-corrected chi connectivity index (χ3v) is 3.49. The number of fused-ring (bicyclic) bond motifs is 1. The van der Waals surface area contributed by atoms with Crippen LogP contribution >= 0.6 is 0 Å². The number of hydrogen-bond acceptors (Lipinski definition) is 4. The van der Waals surface area contributed by atoms with Crippen molar-refractivity contribution in [1.82, 2.24) is 0 Å². The van der Waals surface area contributed by atoms with Crippen molar-refractivity contribution in [3.8, 4) is 11.5 Å². The van der Waals surface area contributed by atoms with Gasteiger partial charge >= 0.3 is 0 Å². The molecule has 0 radical (unpaired) electrons. The topological polar surface area (TPSA) is 70.5 Å². The van der Waals surface area contributed by atoms with Crippen molar-refractivity contribution < 1.29 is 9.47 Å². The molecule has 0 bridgehead atoms. The summed E-state index contributed by atoms with van der Waals surface area (Å²) in [6, 6.07) is 6.16. The van der Waals surface area contributed by atoms with E-state index in [1.54, 1.807) is 0 Å². The number of ether oxygens (including phenoxy) is 2. The van der Waals surface area contributed by atoms with E-state index in [9.17, 15) is 0 Å². The molecule has 1 atom stereocenters. The van der Waals surface area contributed by atoms with Crippen LogP contribution < -0.4 is 20.9 Å². The highest BCUT2D eigenvalue weighted by atomic mass is 16.6. The van der Waals surface area contributed by atoms with Crippen LogP contribution in [-0.2, 0) is 0 Å². The van der Waals surface area contributed by atoms with Crippen molar-refractivity contribution in [1.29, 1.82) is 0 Å². The SMILES string of the molecule is CC(CC(CN)CN)c1ccc2c(c1)OCCO2. The highest BCUT2D eigenvalue weighted by Gasteiger charge is 2.16. The maximum absolute atomic E-state index is 5.70. The fraction of sp³-hybridized carbons (Fsp3) is 0.571. The molecule has 1 heterocycles. The summed E-state index contributed by atoms with van der Waals surface area (Å²) < 4.78 is 11.1. The van der Waals surface area contributed by atoms with Gasteiger partial charge in [0.05, 0.1) is 0 Å². The smallest absolute Gasteiger partial charge is 0.161 e. The first-order valence-electron chi connectivity index (χ1n) is 6.54. The predicted octanol–water partition coefficient (Wildman–Crippen LogP) is 1.49. The minimum absolute atomic E-state index is 0.383. The Kier molecular flexibility index (Phi) is 4.44. The molecule has 1 aromatic rings. The molecule has 100 valence electrons. The molecule has 0 saturated heterocycles. The van der Waals surface area contributed by atoms with Crippen molar-refractivity contribution >= 4 is 0 Å². The highest BCUT2D eigenvalue weighted by Crippen LogP contribution is 2.34. The Morgan fingerprint density at radius 3 is 2.44 bits per heavy atom. The number of benzene rings is 1. The molecule has 2 rings (SSSR count). The van der Waals surface area contributed by atoms with Crippen LogP contribution in [0.3, 0.4) is 0 Å². The molecule has 0 aliphatic carbocycles. The van der Waals surface area contributed by atoms with Crippen molar-refractivity contribution in [2.24, 2.45) is 17.4 Å². The predicted molar refractivity (Wildman–Crippen MR) is 72.1 cm³/mol. The van der Waals surface area contributed by atoms with Gasteiger partial charge in [-0.15, -0.1) is 0 Å². The third-order valence-electron chi connectivity index (χ3n) is 3.49. The van der Waals surface area contributed by atoms with Gasteiger partial charge in [-0.05, 0) is 49.0 Å². The van der Waals surface area contributed by atoms with E-state index in [1.165, 1.54) is 5.56 Å². The molecule has 0 spiro atoms. The van der Waals surface area contributed by atoms with Gasteiger partial charge < -0.3 is 20.9 Å². The summed E-state index contributed by atoms with van der Waals surface area (Å²) in [5.41, 5.74) is 12.6. The molecule has 4 heteroatoms. The molecule has 0 aromatic heterocycles. The Balaban J connectivity index is 2.08. The number of rotatable bonds is 5. The zero-order chi connectivity index (χ0) is 13.0. The first-order valence-corrected chi connectivity index (χ1v) is 6.54. The lowest BCUT2D eigenvalue weighted by Gasteiger charge is -2.22. The summed E-state index contributed by atoms with van der Waals surface area (Å²) in [4.78, 5) is 0. The van der Waals surface area contributed by atoms with Crippen LogP contribution in [0, 0.1) is 5.92 Å². The lowest BCUT2D eigenvalue weighted by molar-refractivity contribution is 0.171. The maximum atomic E-state index is 5.70.